The van der Waals surface area contributed by atoms with Crippen LogP contribution in [-0.2, 0) is 4.79 Å². The molecule has 4 nitrogen and oxygen atoms in total. The number of rotatable bonds is 1. The standard InChI is InChI=1S/C4H6O2.O2/c1-3(2)4(5)6;1-2/h1H2,2H3,(H,5,6);. The van der Waals surface area contributed by atoms with Gasteiger partial charge in [0.2, 0.25) is 0 Å². The molecule has 0 aliphatic carbocycles. The van der Waals surface area contributed by atoms with Gasteiger partial charge in [-0.15, -0.1) is 0 Å². The lowest BCUT2D eigenvalue weighted by Crippen LogP contribution is -1.92. The number of hydrogen-bond acceptors (Lipinski definition) is 3. The summed E-state index contributed by atoms with van der Waals surface area (Å²) in [4.78, 5) is 23.6. The lowest BCUT2D eigenvalue weighted by Gasteiger charge is -1.79. The van der Waals surface area contributed by atoms with Crippen molar-refractivity contribution >= 4 is 5.97 Å². The average Bonchev–Trinajstić information content (AvgIpc) is 1.72. The number of hydrogen-bond donors (Lipinski definition) is 1. The third-order valence-electron chi connectivity index (χ3n) is 0.365. The molecule has 8 heavy (non-hydrogen) atoms. The van der Waals surface area contributed by atoms with E-state index >= 15 is 0 Å². The minimum atomic E-state index is -0.935. The van der Waals surface area contributed by atoms with Crippen molar-refractivity contribution in [3.05, 3.63) is 22.1 Å². The molecule has 0 aliphatic heterocycles. The molecule has 0 bridgehead atoms. The lowest BCUT2D eigenvalue weighted by molar-refractivity contribution is -0.132. The first-order chi connectivity index (χ1) is 3.64. The molecular formula is C4H6O4. The Kier molecular flexibility index (Phi) is 7.22. The van der Waals surface area contributed by atoms with Gasteiger partial charge in [-0.2, -0.15) is 0 Å². The molecule has 0 saturated heterocycles. The normalized spacial score (nSPS) is 6.12. The third-order valence-corrected chi connectivity index (χ3v) is 0.365. The third kappa shape index (κ3) is 8.84. The van der Waals surface area contributed by atoms with E-state index in [1.807, 2.05) is 0 Å². The van der Waals surface area contributed by atoms with Crippen molar-refractivity contribution in [1.82, 2.24) is 0 Å². The van der Waals surface area contributed by atoms with E-state index in [-0.39, 0.29) is 5.57 Å². The van der Waals surface area contributed by atoms with Crippen molar-refractivity contribution in [1.29, 1.82) is 0 Å². The van der Waals surface area contributed by atoms with Crippen LogP contribution in [0.2, 0.25) is 0 Å². The molecule has 0 aliphatic rings. The molecule has 0 aromatic heterocycles. The number of carboxylic acids is 1. The van der Waals surface area contributed by atoms with Crippen LogP contribution in [0.5, 0.6) is 0 Å². The van der Waals surface area contributed by atoms with Crippen LogP contribution in [0.25, 0.3) is 0 Å². The maximum atomic E-state index is 9.60. The Morgan fingerprint density at radius 1 is 1.50 bits per heavy atom. The van der Waals surface area contributed by atoms with Crippen LogP contribution in [0.1, 0.15) is 6.92 Å². The largest absolute Gasteiger partial charge is 0.478 e. The highest BCUT2D eigenvalue weighted by atomic mass is 16.7. The Hall–Kier alpha value is -1.19. The summed E-state index contributed by atoms with van der Waals surface area (Å²) in [6, 6.07) is 0. The Morgan fingerprint density at radius 3 is 1.62 bits per heavy atom. The van der Waals surface area contributed by atoms with E-state index in [0.717, 1.165) is 0 Å². The molecule has 0 saturated carbocycles. The van der Waals surface area contributed by atoms with Gasteiger partial charge in [-0.3, -0.25) is 0 Å². The second-order valence-electron chi connectivity index (χ2n) is 1.09. The summed E-state index contributed by atoms with van der Waals surface area (Å²) in [7, 11) is 0. The number of aliphatic carboxylic acids is 1. The first-order valence-electron chi connectivity index (χ1n) is 1.70. The second-order valence-corrected chi connectivity index (χ2v) is 1.09. The van der Waals surface area contributed by atoms with Gasteiger partial charge in [-0.1, -0.05) is 6.58 Å². The van der Waals surface area contributed by atoms with E-state index in [9.17, 15) is 4.79 Å². The summed E-state index contributed by atoms with van der Waals surface area (Å²) >= 11 is 0. The second kappa shape index (κ2) is 5.81. The van der Waals surface area contributed by atoms with E-state index in [1.165, 1.54) is 6.92 Å². The van der Waals surface area contributed by atoms with Crippen molar-refractivity contribution in [3.63, 3.8) is 0 Å². The van der Waals surface area contributed by atoms with Gasteiger partial charge in [0, 0.05) is 15.5 Å². The smallest absolute Gasteiger partial charge is 0.330 e. The quantitative estimate of drug-likeness (QED) is 0.515. The molecule has 0 atom stereocenters. The zero-order valence-electron chi connectivity index (χ0n) is 4.38. The van der Waals surface area contributed by atoms with Crippen LogP contribution >= 0.6 is 0 Å². The SMILES string of the molecule is C=C(C)C(=O)O.O=O. The number of carboxylic acid groups (broad SMARTS) is 1. The van der Waals surface area contributed by atoms with Gasteiger partial charge in [0.15, 0.2) is 0 Å². The Bertz CT molecular complexity index is 84.2. The van der Waals surface area contributed by atoms with Crippen molar-refractivity contribution < 1.29 is 9.90 Å². The minimum absolute atomic E-state index is 0.176. The summed E-state index contributed by atoms with van der Waals surface area (Å²) in [5, 5.41) is 7.89. The van der Waals surface area contributed by atoms with E-state index < -0.39 is 5.97 Å². The van der Waals surface area contributed by atoms with E-state index in [2.05, 4.69) is 6.58 Å². The van der Waals surface area contributed by atoms with Crippen LogP contribution in [0.15, 0.2) is 12.2 Å². The number of carbonyl (C=O) groups is 1. The molecule has 0 radical (unpaired) electrons. The van der Waals surface area contributed by atoms with Crippen LogP contribution < -0.4 is 0 Å². The predicted octanol–water partition coefficient (Wildman–Crippen LogP) is 0.714. The highest BCUT2D eigenvalue weighted by molar-refractivity contribution is 5.84. The molecule has 0 spiro atoms. The van der Waals surface area contributed by atoms with Gasteiger partial charge in [0.1, 0.15) is 0 Å². The molecule has 4 heteroatoms. The minimum Gasteiger partial charge on any atom is -0.478 e. The molecule has 0 aromatic carbocycles. The summed E-state index contributed by atoms with van der Waals surface area (Å²) in [6.45, 7) is 4.60. The Labute approximate surface area is 46.0 Å². The van der Waals surface area contributed by atoms with Crippen molar-refractivity contribution in [2.24, 2.45) is 0 Å². The zero-order chi connectivity index (χ0) is 7.15. The Morgan fingerprint density at radius 2 is 1.62 bits per heavy atom. The van der Waals surface area contributed by atoms with Crippen molar-refractivity contribution in [2.75, 3.05) is 0 Å². The van der Waals surface area contributed by atoms with Crippen molar-refractivity contribution in [3.8, 4) is 0 Å². The molecule has 0 rings (SSSR count). The lowest BCUT2D eigenvalue weighted by atomic mass is 10.4. The maximum absolute atomic E-state index is 9.60. The first kappa shape index (κ1) is 9.94. The molecular weight excluding hydrogens is 112 g/mol. The topological polar surface area (TPSA) is 71.4 Å². The monoisotopic (exact) mass is 118 g/mol. The van der Waals surface area contributed by atoms with Gasteiger partial charge in [-0.05, 0) is 6.92 Å². The fourth-order valence-corrected chi connectivity index (χ4v) is 0. The van der Waals surface area contributed by atoms with Gasteiger partial charge < -0.3 is 5.11 Å². The summed E-state index contributed by atoms with van der Waals surface area (Å²) in [6.07, 6.45) is 0. The van der Waals surface area contributed by atoms with Gasteiger partial charge in [0.25, 0.3) is 0 Å². The molecule has 46 valence electrons. The maximum Gasteiger partial charge on any atom is 0.330 e. The van der Waals surface area contributed by atoms with E-state index in [0.29, 0.717) is 0 Å². The molecule has 0 amide bonds. The van der Waals surface area contributed by atoms with Gasteiger partial charge in [0.05, 0.1) is 0 Å². The molecule has 0 heterocycles. The molecule has 0 unspecified atom stereocenters. The van der Waals surface area contributed by atoms with E-state index in [4.69, 9.17) is 15.0 Å². The molecule has 0 aromatic rings. The highest BCUT2D eigenvalue weighted by Crippen LogP contribution is 1.81. The highest BCUT2D eigenvalue weighted by Gasteiger charge is 1.90. The predicted molar refractivity (Wildman–Crippen MR) is 29.2 cm³/mol. The van der Waals surface area contributed by atoms with Crippen LogP contribution in [0.3, 0.4) is 0 Å². The van der Waals surface area contributed by atoms with Crippen LogP contribution in [0, 0.1) is 9.93 Å². The Balaban J connectivity index is 0. The van der Waals surface area contributed by atoms with Crippen molar-refractivity contribution in [2.45, 2.75) is 6.92 Å². The van der Waals surface area contributed by atoms with Gasteiger partial charge >= 0.3 is 5.97 Å². The van der Waals surface area contributed by atoms with Crippen LogP contribution in [-0.4, -0.2) is 11.1 Å². The summed E-state index contributed by atoms with van der Waals surface area (Å²) in [5.41, 5.74) is 0.176. The molecule has 0 fully saturated rings. The fraction of sp³-hybridized carbons (Fsp3) is 0.250. The average molecular weight is 118 g/mol. The van der Waals surface area contributed by atoms with Gasteiger partial charge in [-0.25, -0.2) is 4.79 Å². The van der Waals surface area contributed by atoms with Crippen LogP contribution in [0.4, 0.5) is 0 Å². The fourth-order valence-electron chi connectivity index (χ4n) is 0. The summed E-state index contributed by atoms with van der Waals surface area (Å²) < 4.78 is 0. The first-order valence-corrected chi connectivity index (χ1v) is 1.70. The van der Waals surface area contributed by atoms with E-state index in [1.54, 1.807) is 0 Å². The summed E-state index contributed by atoms with van der Waals surface area (Å²) in [5.74, 6) is -0.935. The zero-order valence-corrected chi connectivity index (χ0v) is 4.38. The molecule has 1 N–H and O–H groups in total.